The molecule has 0 radical (unpaired) electrons. The fraction of sp³-hybridized carbons (Fsp3) is 0. The van der Waals surface area contributed by atoms with Crippen LogP contribution < -0.4 is 9.79 Å². The molecule has 0 spiro atoms. The van der Waals surface area contributed by atoms with Crippen LogP contribution in [0.4, 0.5) is 0 Å². The van der Waals surface area contributed by atoms with Crippen molar-refractivity contribution in [3.05, 3.63) is 0 Å². The number of hydrogen-bond donors (Lipinski definition) is 0. The predicted octanol–water partition coefficient (Wildman–Crippen LogP) is -2.46. The average molecular weight is 124 g/mol. The third-order valence-corrected chi connectivity index (χ3v) is 0. The van der Waals surface area contributed by atoms with E-state index < -0.39 is 8.25 Å². The summed E-state index contributed by atoms with van der Waals surface area (Å²) in [5.74, 6) is 0. The smallest absolute Gasteiger partial charge is 0.870 e. The Morgan fingerprint density at radius 3 is 1.33 bits per heavy atom. The van der Waals surface area contributed by atoms with E-state index in [9.17, 15) is 0 Å². The van der Waals surface area contributed by atoms with Gasteiger partial charge in [0.2, 0.25) is 0 Å². The zero-order chi connectivity index (χ0) is 3.58. The topological polar surface area (TPSA) is 93.2 Å². The molecule has 34 valence electrons. The van der Waals surface area contributed by atoms with E-state index in [4.69, 9.17) is 14.4 Å². The Balaban J connectivity index is -0.0000000450. The van der Waals surface area contributed by atoms with E-state index >= 15 is 0 Å². The summed E-state index contributed by atoms with van der Waals surface area (Å²) in [5.41, 5.74) is 0. The molecule has 4 nitrogen and oxygen atoms in total. The molecule has 6 heavy (non-hydrogen) atoms. The van der Waals surface area contributed by atoms with Crippen molar-refractivity contribution in [1.82, 2.24) is 0 Å². The minimum absolute atomic E-state index is 0. The van der Waals surface area contributed by atoms with Crippen LogP contribution in [0.15, 0.2) is 0 Å². The van der Waals surface area contributed by atoms with E-state index in [1.165, 1.54) is 0 Å². The van der Waals surface area contributed by atoms with Crippen LogP contribution in [0.1, 0.15) is 0 Å². The van der Waals surface area contributed by atoms with Gasteiger partial charge in [0.1, 0.15) is 0 Å². The van der Waals surface area contributed by atoms with Gasteiger partial charge in [-0.15, -0.1) is 0 Å². The van der Waals surface area contributed by atoms with Crippen molar-refractivity contribution < 1.29 is 19.8 Å². The van der Waals surface area contributed by atoms with Crippen molar-refractivity contribution in [2.75, 3.05) is 0 Å². The molecule has 0 aliphatic rings. The molecular weight excluding hydrogens is 122 g/mol. The van der Waals surface area contributed by atoms with Crippen molar-refractivity contribution in [3.8, 4) is 0 Å². The van der Waals surface area contributed by atoms with Crippen LogP contribution in [0, 0.1) is 0 Å². The van der Waals surface area contributed by atoms with E-state index in [2.05, 4.69) is 0 Å². The molecule has 0 saturated heterocycles. The Labute approximate surface area is 46.2 Å². The zero-order valence-corrected chi connectivity index (χ0v) is 4.90. The first-order valence-electron chi connectivity index (χ1n) is 0.612. The van der Waals surface area contributed by atoms with Crippen LogP contribution in [0.25, 0.3) is 0 Å². The Morgan fingerprint density at radius 2 is 1.33 bits per heavy atom. The van der Waals surface area contributed by atoms with Crippen LogP contribution in [0.5, 0.6) is 0 Å². The third kappa shape index (κ3) is 149. The van der Waals surface area contributed by atoms with E-state index in [1.54, 1.807) is 0 Å². The summed E-state index contributed by atoms with van der Waals surface area (Å²) in [6, 6.07) is 0. The fourth-order valence-electron chi connectivity index (χ4n) is 0. The van der Waals surface area contributed by atoms with Gasteiger partial charge in [-0.2, -0.15) is 0 Å². The summed E-state index contributed by atoms with van der Waals surface area (Å²) in [7, 11) is -3.63. The van der Waals surface area contributed by atoms with Crippen molar-refractivity contribution >= 4 is 25.6 Å². The number of rotatable bonds is 0. The summed E-state index contributed by atoms with van der Waals surface area (Å²) in [6.45, 7) is 0. The second kappa shape index (κ2) is 9.17. The molecule has 0 heterocycles. The Bertz CT molecular complexity index is 30.5. The van der Waals surface area contributed by atoms with Crippen LogP contribution in [0.2, 0.25) is 0 Å². The van der Waals surface area contributed by atoms with E-state index in [-0.39, 0.29) is 22.8 Å². The van der Waals surface area contributed by atoms with Crippen LogP contribution >= 0.6 is 8.25 Å². The molecule has 0 aromatic heterocycles. The van der Waals surface area contributed by atoms with Gasteiger partial charge in [-0.05, 0) is 0 Å². The summed E-state index contributed by atoms with van der Waals surface area (Å²) in [5, 5.41) is 0. The molecule has 0 unspecified atom stereocenters. The minimum Gasteiger partial charge on any atom is -0.870 e. The molecule has 0 amide bonds. The minimum atomic E-state index is -3.63. The van der Waals surface area contributed by atoms with Crippen molar-refractivity contribution in [2.24, 2.45) is 0 Å². The van der Waals surface area contributed by atoms with E-state index in [0.29, 0.717) is 0 Å². The normalized spacial score (nSPS) is 5.83. The molecular formula is H2AlO4P. The van der Waals surface area contributed by atoms with Crippen molar-refractivity contribution in [3.63, 3.8) is 0 Å². The summed E-state index contributed by atoms with van der Waals surface area (Å²) in [6.07, 6.45) is 0. The third-order valence-electron chi connectivity index (χ3n) is 0. The second-order valence-electron chi connectivity index (χ2n) is 0.250. The molecule has 1 N–H and O–H groups in total. The average Bonchev–Trinajstić information content (AvgIpc) is 0.811. The van der Waals surface area contributed by atoms with Gasteiger partial charge in [-0.1, -0.05) is 8.25 Å². The Hall–Kier alpha value is 0.642. The van der Waals surface area contributed by atoms with Crippen LogP contribution in [-0.4, -0.2) is 22.8 Å². The van der Waals surface area contributed by atoms with Gasteiger partial charge in [0.25, 0.3) is 0 Å². The monoisotopic (exact) mass is 124 g/mol. The molecule has 0 aromatic rings. The molecule has 0 aliphatic heterocycles. The van der Waals surface area contributed by atoms with Crippen molar-refractivity contribution in [1.29, 1.82) is 0 Å². The molecule has 0 rings (SSSR count). The molecule has 0 atom stereocenters. The largest absolute Gasteiger partial charge is 3.00 e. The summed E-state index contributed by atoms with van der Waals surface area (Å²) >= 11 is 0. The Kier molecular flexibility index (Phi) is 24.4. The van der Waals surface area contributed by atoms with Gasteiger partial charge in [-0.3, -0.25) is 0 Å². The summed E-state index contributed by atoms with van der Waals surface area (Å²) in [4.78, 5) is 17.0. The molecule has 0 aliphatic carbocycles. The standard InChI is InChI=1S/Al.H3O3P.H2O/c;1-4(2)3;/h;4H,(H2,1,2,3);1H2/q+3;;/p-3. The van der Waals surface area contributed by atoms with Crippen molar-refractivity contribution in [2.45, 2.75) is 0 Å². The van der Waals surface area contributed by atoms with E-state index in [1.807, 2.05) is 0 Å². The first-order chi connectivity index (χ1) is 1.73. The van der Waals surface area contributed by atoms with Gasteiger partial charge in [0.15, 0.2) is 0 Å². The maximum atomic E-state index is 8.52. The van der Waals surface area contributed by atoms with Gasteiger partial charge in [0.05, 0.1) is 0 Å². The van der Waals surface area contributed by atoms with Gasteiger partial charge >= 0.3 is 17.4 Å². The maximum absolute atomic E-state index is 8.52. The molecule has 0 saturated carbocycles. The first kappa shape index (κ1) is 15.9. The second-order valence-corrected chi connectivity index (χ2v) is 0.750. The van der Waals surface area contributed by atoms with Gasteiger partial charge < -0.3 is 19.8 Å². The summed E-state index contributed by atoms with van der Waals surface area (Å²) < 4.78 is 8.52. The maximum Gasteiger partial charge on any atom is 3.00 e. The fourth-order valence-corrected chi connectivity index (χ4v) is 0. The number of hydrogen-bond acceptors (Lipinski definition) is 4. The quantitative estimate of drug-likeness (QED) is 0.264. The Morgan fingerprint density at radius 1 is 1.33 bits per heavy atom. The molecule has 0 fully saturated rings. The van der Waals surface area contributed by atoms with E-state index in [0.717, 1.165) is 0 Å². The zero-order valence-electron chi connectivity index (χ0n) is 2.75. The van der Waals surface area contributed by atoms with Crippen LogP contribution in [0.3, 0.4) is 0 Å². The predicted molar refractivity (Wildman–Crippen MR) is 16.7 cm³/mol. The van der Waals surface area contributed by atoms with Crippen LogP contribution in [-0.2, 0) is 4.57 Å². The van der Waals surface area contributed by atoms with Gasteiger partial charge in [-0.25, -0.2) is 0 Å². The first-order valence-corrected chi connectivity index (χ1v) is 1.84. The molecule has 0 aromatic carbocycles. The SMILES string of the molecule is O=[PH]([O-])[O-].[Al+3].[OH-]. The van der Waals surface area contributed by atoms with Gasteiger partial charge in [0, 0.05) is 0 Å². The molecule has 6 heteroatoms. The molecule has 0 bridgehead atoms.